The van der Waals surface area contributed by atoms with Crippen LogP contribution in [0.3, 0.4) is 0 Å². The van der Waals surface area contributed by atoms with E-state index in [1.165, 1.54) is 12.1 Å². The number of rotatable bonds is 2. The summed E-state index contributed by atoms with van der Waals surface area (Å²) in [5.41, 5.74) is 0.404. The van der Waals surface area contributed by atoms with Gasteiger partial charge in [-0.2, -0.15) is 0 Å². The van der Waals surface area contributed by atoms with Crippen LogP contribution in [0, 0.1) is 22.0 Å². The average molecular weight is 338 g/mol. The summed E-state index contributed by atoms with van der Waals surface area (Å²) in [6, 6.07) is 13.7. The molecule has 128 valence electrons. The predicted molar refractivity (Wildman–Crippen MR) is 95.4 cm³/mol. The van der Waals surface area contributed by atoms with E-state index in [0.29, 0.717) is 5.56 Å². The van der Waals surface area contributed by atoms with Gasteiger partial charge in [-0.1, -0.05) is 30.0 Å². The van der Waals surface area contributed by atoms with Crippen molar-refractivity contribution in [2.45, 2.75) is 26.4 Å². The number of ether oxygens (including phenoxy) is 1. The Kier molecular flexibility index (Phi) is 5.40. The summed E-state index contributed by atoms with van der Waals surface area (Å²) in [4.78, 5) is 22.5. The van der Waals surface area contributed by atoms with Crippen molar-refractivity contribution in [1.29, 1.82) is 0 Å². The van der Waals surface area contributed by atoms with Crippen molar-refractivity contribution in [3.05, 3.63) is 69.8 Å². The third-order valence-corrected chi connectivity index (χ3v) is 2.96. The highest BCUT2D eigenvalue weighted by Crippen LogP contribution is 2.26. The highest BCUT2D eigenvalue weighted by Gasteiger charge is 2.20. The first-order valence-corrected chi connectivity index (χ1v) is 7.60. The number of anilines is 1. The van der Waals surface area contributed by atoms with E-state index in [-0.39, 0.29) is 11.4 Å². The number of benzene rings is 2. The molecule has 25 heavy (non-hydrogen) atoms. The summed E-state index contributed by atoms with van der Waals surface area (Å²) in [5.74, 6) is 5.81. The number of nitro groups is 1. The van der Waals surface area contributed by atoms with Crippen LogP contribution in [0.25, 0.3) is 0 Å². The lowest BCUT2D eigenvalue weighted by atomic mass is 10.1. The molecule has 2 aromatic rings. The van der Waals surface area contributed by atoms with Crippen LogP contribution in [-0.4, -0.2) is 16.6 Å². The number of carbonyl (C=O) groups is 1. The number of nitrogens with one attached hydrogen (secondary N) is 1. The number of nitro benzene ring substituents is 1. The van der Waals surface area contributed by atoms with Gasteiger partial charge in [0.1, 0.15) is 11.3 Å². The van der Waals surface area contributed by atoms with Crippen molar-refractivity contribution in [3.63, 3.8) is 0 Å². The number of amides is 1. The van der Waals surface area contributed by atoms with Crippen molar-refractivity contribution >= 4 is 17.5 Å². The second-order valence-electron chi connectivity index (χ2n) is 6.23. The van der Waals surface area contributed by atoms with Gasteiger partial charge in [0.05, 0.1) is 4.92 Å². The first-order chi connectivity index (χ1) is 11.7. The van der Waals surface area contributed by atoms with Crippen molar-refractivity contribution in [1.82, 2.24) is 0 Å². The quantitative estimate of drug-likeness (QED) is 0.502. The Bertz CT molecular complexity index is 843. The fourth-order valence-corrected chi connectivity index (χ4v) is 1.95. The molecular formula is C19H18N2O4. The molecule has 0 saturated carbocycles. The van der Waals surface area contributed by atoms with E-state index < -0.39 is 16.6 Å². The molecular weight excluding hydrogens is 320 g/mol. The third-order valence-electron chi connectivity index (χ3n) is 2.96. The molecule has 0 aromatic heterocycles. The smallest absolute Gasteiger partial charge is 0.412 e. The molecule has 0 radical (unpaired) electrons. The van der Waals surface area contributed by atoms with E-state index in [0.717, 1.165) is 5.56 Å². The lowest BCUT2D eigenvalue weighted by Gasteiger charge is -2.19. The molecule has 0 saturated heterocycles. The Balaban J connectivity index is 2.25. The lowest BCUT2D eigenvalue weighted by molar-refractivity contribution is -0.383. The highest BCUT2D eigenvalue weighted by molar-refractivity contribution is 5.88. The molecule has 2 aromatic carbocycles. The van der Waals surface area contributed by atoms with Gasteiger partial charge in [-0.25, -0.2) is 4.79 Å². The van der Waals surface area contributed by atoms with E-state index >= 15 is 0 Å². The van der Waals surface area contributed by atoms with Crippen LogP contribution in [0.1, 0.15) is 31.9 Å². The number of nitrogens with zero attached hydrogens (tertiary/aromatic N) is 1. The predicted octanol–water partition coefficient (Wildman–Crippen LogP) is 4.34. The molecule has 0 heterocycles. The van der Waals surface area contributed by atoms with Gasteiger partial charge in [-0.3, -0.25) is 15.4 Å². The van der Waals surface area contributed by atoms with Gasteiger partial charge in [0.2, 0.25) is 0 Å². The van der Waals surface area contributed by atoms with E-state index in [9.17, 15) is 14.9 Å². The van der Waals surface area contributed by atoms with Crippen molar-refractivity contribution < 1.29 is 14.5 Å². The maximum atomic E-state index is 11.8. The van der Waals surface area contributed by atoms with Crippen LogP contribution >= 0.6 is 0 Å². The van der Waals surface area contributed by atoms with E-state index in [2.05, 4.69) is 17.2 Å². The second kappa shape index (κ2) is 7.49. The summed E-state index contributed by atoms with van der Waals surface area (Å²) in [6.45, 7) is 5.13. The van der Waals surface area contributed by atoms with E-state index in [4.69, 9.17) is 4.74 Å². The Hall–Kier alpha value is -3.33. The average Bonchev–Trinajstić information content (AvgIpc) is 2.53. The van der Waals surface area contributed by atoms with Crippen molar-refractivity contribution in [3.8, 4) is 11.8 Å². The van der Waals surface area contributed by atoms with Crippen LogP contribution in [0.4, 0.5) is 16.2 Å². The zero-order chi connectivity index (χ0) is 18.4. The molecule has 2 rings (SSSR count). The van der Waals surface area contributed by atoms with Crippen LogP contribution in [0.2, 0.25) is 0 Å². The molecule has 0 aliphatic carbocycles. The maximum Gasteiger partial charge on any atom is 0.412 e. The molecule has 1 N–H and O–H groups in total. The first kappa shape index (κ1) is 18.0. The van der Waals surface area contributed by atoms with E-state index in [1.54, 1.807) is 26.8 Å². The normalized spacial score (nSPS) is 10.4. The SMILES string of the molecule is CC(C)(C)OC(=O)Nc1ccc(C#Cc2ccccc2)cc1[N+](=O)[O-]. The molecule has 0 spiro atoms. The summed E-state index contributed by atoms with van der Waals surface area (Å²) in [5, 5.41) is 13.7. The molecule has 0 aliphatic heterocycles. The summed E-state index contributed by atoms with van der Waals surface area (Å²) < 4.78 is 5.11. The minimum absolute atomic E-state index is 0.0597. The fourth-order valence-electron chi connectivity index (χ4n) is 1.95. The fraction of sp³-hybridized carbons (Fsp3) is 0.211. The minimum Gasteiger partial charge on any atom is -0.444 e. The van der Waals surface area contributed by atoms with Gasteiger partial charge in [-0.15, -0.1) is 0 Å². The number of hydrogen-bond donors (Lipinski definition) is 1. The Morgan fingerprint density at radius 1 is 1.08 bits per heavy atom. The maximum absolute atomic E-state index is 11.8. The molecule has 0 aliphatic rings. The zero-order valence-corrected chi connectivity index (χ0v) is 14.2. The lowest BCUT2D eigenvalue weighted by Crippen LogP contribution is -2.27. The molecule has 0 fully saturated rings. The molecule has 0 atom stereocenters. The monoisotopic (exact) mass is 338 g/mol. The van der Waals surface area contributed by atoms with Crippen molar-refractivity contribution in [2.75, 3.05) is 5.32 Å². The van der Waals surface area contributed by atoms with Crippen LogP contribution < -0.4 is 5.32 Å². The van der Waals surface area contributed by atoms with Gasteiger partial charge in [0.15, 0.2) is 0 Å². The Morgan fingerprint density at radius 2 is 1.72 bits per heavy atom. The van der Waals surface area contributed by atoms with Crippen LogP contribution in [0.5, 0.6) is 0 Å². The van der Waals surface area contributed by atoms with Gasteiger partial charge in [-0.05, 0) is 45.0 Å². The largest absolute Gasteiger partial charge is 0.444 e. The topological polar surface area (TPSA) is 81.5 Å². The van der Waals surface area contributed by atoms with Gasteiger partial charge in [0, 0.05) is 17.2 Å². The van der Waals surface area contributed by atoms with Gasteiger partial charge >= 0.3 is 6.09 Å². The highest BCUT2D eigenvalue weighted by atomic mass is 16.6. The second-order valence-corrected chi connectivity index (χ2v) is 6.23. The number of carbonyl (C=O) groups excluding carboxylic acids is 1. The van der Waals surface area contributed by atoms with Gasteiger partial charge < -0.3 is 4.74 Å². The molecule has 0 bridgehead atoms. The Labute approximate surface area is 146 Å². The summed E-state index contributed by atoms with van der Waals surface area (Å²) >= 11 is 0. The Morgan fingerprint density at radius 3 is 2.32 bits per heavy atom. The first-order valence-electron chi connectivity index (χ1n) is 7.60. The zero-order valence-electron chi connectivity index (χ0n) is 14.2. The summed E-state index contributed by atoms with van der Waals surface area (Å²) in [6.07, 6.45) is -0.751. The molecule has 6 heteroatoms. The van der Waals surface area contributed by atoms with Crippen LogP contribution in [-0.2, 0) is 4.74 Å². The molecule has 0 unspecified atom stereocenters. The molecule has 6 nitrogen and oxygen atoms in total. The summed E-state index contributed by atoms with van der Waals surface area (Å²) in [7, 11) is 0. The van der Waals surface area contributed by atoms with Crippen molar-refractivity contribution in [2.24, 2.45) is 0 Å². The third kappa shape index (κ3) is 5.66. The van der Waals surface area contributed by atoms with E-state index in [1.807, 2.05) is 30.3 Å². The minimum atomic E-state index is -0.751. The van der Waals surface area contributed by atoms with Gasteiger partial charge in [0.25, 0.3) is 5.69 Å². The molecule has 1 amide bonds. The van der Waals surface area contributed by atoms with Crippen LogP contribution in [0.15, 0.2) is 48.5 Å². The standard InChI is InChI=1S/C19H18N2O4/c1-19(2,3)25-18(22)20-16-12-11-15(13-17(16)21(23)24)10-9-14-7-5-4-6-8-14/h4-8,11-13H,1-3H3,(H,20,22). The number of hydrogen-bond acceptors (Lipinski definition) is 4.